The number of piperazine rings is 1. The van der Waals surface area contributed by atoms with Gasteiger partial charge in [0.15, 0.2) is 5.13 Å². The molecular formula is C27H29Cl2N5O4S2. The maximum Gasteiger partial charge on any atom is 0.261 e. The van der Waals surface area contributed by atoms with E-state index in [0.29, 0.717) is 28.6 Å². The molecule has 9 nitrogen and oxygen atoms in total. The van der Waals surface area contributed by atoms with E-state index < -0.39 is 10.0 Å². The summed E-state index contributed by atoms with van der Waals surface area (Å²) >= 11 is 7.93. The van der Waals surface area contributed by atoms with Gasteiger partial charge in [-0.15, -0.1) is 12.4 Å². The summed E-state index contributed by atoms with van der Waals surface area (Å²) in [6.07, 6.45) is 0. The van der Waals surface area contributed by atoms with Crippen LogP contribution < -0.4 is 19.7 Å². The van der Waals surface area contributed by atoms with Crippen molar-refractivity contribution in [2.75, 3.05) is 56.0 Å². The number of amides is 1. The Labute approximate surface area is 248 Å². The van der Waals surface area contributed by atoms with Crippen LogP contribution in [0.4, 0.5) is 10.8 Å². The number of aromatic nitrogens is 1. The first-order chi connectivity index (χ1) is 18.8. The molecule has 40 heavy (non-hydrogen) atoms. The van der Waals surface area contributed by atoms with Crippen LogP contribution in [0.1, 0.15) is 10.4 Å². The minimum absolute atomic E-state index is 0. The molecule has 0 atom stereocenters. The van der Waals surface area contributed by atoms with Crippen LogP contribution in [0.2, 0.25) is 5.02 Å². The molecule has 0 unspecified atom stereocenters. The van der Waals surface area contributed by atoms with Crippen molar-refractivity contribution in [1.29, 1.82) is 0 Å². The summed E-state index contributed by atoms with van der Waals surface area (Å²) in [5.74, 6) is 0.304. The number of nitrogens with zero attached hydrogens (tertiary/aromatic N) is 3. The molecule has 1 saturated heterocycles. The molecule has 1 fully saturated rings. The zero-order valence-corrected chi connectivity index (χ0v) is 24.9. The summed E-state index contributed by atoms with van der Waals surface area (Å²) in [6, 6.07) is 18.4. The quantitative estimate of drug-likeness (QED) is 0.278. The summed E-state index contributed by atoms with van der Waals surface area (Å²) in [7, 11) is -2.29. The molecule has 1 aromatic heterocycles. The maximum absolute atomic E-state index is 12.7. The van der Waals surface area contributed by atoms with Crippen LogP contribution in [-0.2, 0) is 10.0 Å². The number of rotatable bonds is 9. The van der Waals surface area contributed by atoms with Gasteiger partial charge in [0.2, 0.25) is 0 Å². The topological polar surface area (TPSA) is 104 Å². The Balaban J connectivity index is 0.00000370. The molecule has 1 amide bonds. The van der Waals surface area contributed by atoms with Crippen LogP contribution in [0.5, 0.6) is 5.75 Å². The second-order valence-corrected chi connectivity index (χ2v) is 12.1. The summed E-state index contributed by atoms with van der Waals surface area (Å²) in [5.41, 5.74) is 1.54. The summed E-state index contributed by atoms with van der Waals surface area (Å²) in [6.45, 7) is 4.63. The van der Waals surface area contributed by atoms with E-state index in [2.05, 4.69) is 19.8 Å². The monoisotopic (exact) mass is 621 g/mol. The van der Waals surface area contributed by atoms with Gasteiger partial charge in [-0.25, -0.2) is 13.4 Å². The number of para-hydroxylation sites is 1. The lowest BCUT2D eigenvalue weighted by Crippen LogP contribution is -2.48. The molecule has 0 radical (unpaired) electrons. The number of anilines is 2. The van der Waals surface area contributed by atoms with Crippen molar-refractivity contribution in [3.05, 3.63) is 77.3 Å². The van der Waals surface area contributed by atoms with E-state index in [0.717, 1.165) is 48.1 Å². The van der Waals surface area contributed by atoms with E-state index in [1.54, 1.807) is 41.7 Å². The lowest BCUT2D eigenvalue weighted by atomic mass is 10.2. The van der Waals surface area contributed by atoms with Gasteiger partial charge in [-0.1, -0.05) is 35.1 Å². The molecule has 0 bridgehead atoms. The molecule has 0 aliphatic carbocycles. The number of thiazole rings is 1. The predicted octanol–water partition coefficient (Wildman–Crippen LogP) is 4.73. The van der Waals surface area contributed by atoms with E-state index in [4.69, 9.17) is 21.3 Å². The fourth-order valence-electron chi connectivity index (χ4n) is 4.32. The van der Waals surface area contributed by atoms with Crippen LogP contribution in [0.15, 0.2) is 71.6 Å². The number of sulfonamides is 1. The van der Waals surface area contributed by atoms with Gasteiger partial charge in [-0.05, 0) is 54.6 Å². The zero-order valence-electron chi connectivity index (χ0n) is 21.7. The first kappa shape index (κ1) is 29.9. The minimum Gasteiger partial charge on any atom is -0.497 e. The van der Waals surface area contributed by atoms with Crippen molar-refractivity contribution >= 4 is 72.3 Å². The number of carbonyl (C=O) groups excluding carboxylic acids is 1. The predicted molar refractivity (Wildman–Crippen MR) is 163 cm³/mol. The molecule has 2 heterocycles. The van der Waals surface area contributed by atoms with Gasteiger partial charge >= 0.3 is 0 Å². The smallest absolute Gasteiger partial charge is 0.261 e. The van der Waals surface area contributed by atoms with Crippen LogP contribution in [0, 0.1) is 0 Å². The van der Waals surface area contributed by atoms with Crippen molar-refractivity contribution in [1.82, 2.24) is 15.2 Å². The molecule has 3 aromatic carbocycles. The van der Waals surface area contributed by atoms with E-state index in [1.165, 1.54) is 25.3 Å². The van der Waals surface area contributed by atoms with Gasteiger partial charge in [-0.2, -0.15) is 0 Å². The fraction of sp³-hybridized carbons (Fsp3) is 0.259. The second-order valence-electron chi connectivity index (χ2n) is 9.03. The van der Waals surface area contributed by atoms with Gasteiger partial charge in [0, 0.05) is 50.5 Å². The van der Waals surface area contributed by atoms with Crippen LogP contribution in [0.3, 0.4) is 0 Å². The molecule has 0 saturated carbocycles. The number of fused-ring (bicyclic) bond motifs is 1. The highest BCUT2D eigenvalue weighted by Gasteiger charge is 2.21. The van der Waals surface area contributed by atoms with Crippen LogP contribution in [0.25, 0.3) is 10.2 Å². The molecule has 5 rings (SSSR count). The number of ether oxygens (including phenoxy) is 1. The molecule has 0 spiro atoms. The minimum atomic E-state index is -3.81. The molecule has 4 aromatic rings. The van der Waals surface area contributed by atoms with Gasteiger partial charge in [-0.3, -0.25) is 14.4 Å². The number of benzene rings is 3. The Bertz CT molecular complexity index is 1570. The van der Waals surface area contributed by atoms with Crippen molar-refractivity contribution in [2.24, 2.45) is 0 Å². The second kappa shape index (κ2) is 13.0. The van der Waals surface area contributed by atoms with Crippen molar-refractivity contribution < 1.29 is 17.9 Å². The van der Waals surface area contributed by atoms with Gasteiger partial charge in [0.05, 0.1) is 21.7 Å². The Hall–Kier alpha value is -3.09. The number of halogens is 2. The number of methoxy groups -OCH3 is 1. The third-order valence-corrected chi connectivity index (χ3v) is 9.25. The normalized spacial score (nSPS) is 14.0. The number of hydrogen-bond acceptors (Lipinski definition) is 8. The molecule has 1 aliphatic heterocycles. The highest BCUT2D eigenvalue weighted by molar-refractivity contribution is 7.92. The molecule has 1 aliphatic rings. The molecule has 212 valence electrons. The summed E-state index contributed by atoms with van der Waals surface area (Å²) in [4.78, 5) is 22.1. The number of hydrogen-bond donors (Lipinski definition) is 2. The largest absolute Gasteiger partial charge is 0.497 e. The SMILES string of the molecule is COc1ccc(S(=O)(=O)Nc2cccc(C(=O)NCCN3CCN(c4nc5c(Cl)cccc5s4)CC3)c2)cc1.Cl. The van der Waals surface area contributed by atoms with E-state index >= 15 is 0 Å². The highest BCUT2D eigenvalue weighted by atomic mass is 35.5. The Morgan fingerprint density at radius 2 is 1.77 bits per heavy atom. The average molecular weight is 623 g/mol. The van der Waals surface area contributed by atoms with Gasteiger partial charge < -0.3 is 15.0 Å². The van der Waals surface area contributed by atoms with Gasteiger partial charge in [0.1, 0.15) is 11.3 Å². The third-order valence-electron chi connectivity index (χ3n) is 6.46. The van der Waals surface area contributed by atoms with Crippen molar-refractivity contribution in [3.8, 4) is 5.75 Å². The first-order valence-corrected chi connectivity index (χ1v) is 15.1. The van der Waals surface area contributed by atoms with E-state index in [1.807, 2.05) is 18.2 Å². The lowest BCUT2D eigenvalue weighted by Gasteiger charge is -2.34. The third kappa shape index (κ3) is 6.97. The molecular weight excluding hydrogens is 593 g/mol. The summed E-state index contributed by atoms with van der Waals surface area (Å²) in [5, 5.41) is 4.59. The van der Waals surface area contributed by atoms with Crippen LogP contribution in [-0.4, -0.2) is 70.6 Å². The van der Waals surface area contributed by atoms with Gasteiger partial charge in [0.25, 0.3) is 15.9 Å². The lowest BCUT2D eigenvalue weighted by molar-refractivity contribution is 0.0948. The standard InChI is InChI=1S/C27H28ClN5O4S2.ClH/c1-37-21-8-10-22(11-9-21)39(35,36)31-20-5-2-4-19(18-20)26(34)29-12-13-32-14-16-33(17-15-32)27-30-25-23(28)6-3-7-24(25)38-27;/h2-11,18,31H,12-17H2,1H3,(H,29,34);1H. The highest BCUT2D eigenvalue weighted by Crippen LogP contribution is 2.33. The van der Waals surface area contributed by atoms with E-state index in [9.17, 15) is 13.2 Å². The molecule has 2 N–H and O–H groups in total. The summed E-state index contributed by atoms with van der Waals surface area (Å²) < 4.78 is 34.2. The first-order valence-electron chi connectivity index (χ1n) is 12.4. The Kier molecular flexibility index (Phi) is 9.75. The number of carbonyl (C=O) groups is 1. The Morgan fingerprint density at radius 1 is 1.05 bits per heavy atom. The zero-order chi connectivity index (χ0) is 27.4. The van der Waals surface area contributed by atoms with Crippen molar-refractivity contribution in [3.63, 3.8) is 0 Å². The molecule has 13 heteroatoms. The number of nitrogens with one attached hydrogen (secondary N) is 2. The van der Waals surface area contributed by atoms with E-state index in [-0.39, 0.29) is 23.2 Å². The van der Waals surface area contributed by atoms with Crippen LogP contribution >= 0.6 is 35.3 Å². The average Bonchev–Trinajstić information content (AvgIpc) is 3.39. The van der Waals surface area contributed by atoms with Crippen molar-refractivity contribution in [2.45, 2.75) is 4.90 Å². The maximum atomic E-state index is 12.7. The fourth-order valence-corrected chi connectivity index (χ4v) is 6.69. The Morgan fingerprint density at radius 3 is 2.48 bits per heavy atom.